The lowest BCUT2D eigenvalue weighted by atomic mass is 10.3. The maximum absolute atomic E-state index is 5.13. The Morgan fingerprint density at radius 3 is 2.43 bits per heavy atom. The summed E-state index contributed by atoms with van der Waals surface area (Å²) in [7, 11) is 7.41. The minimum absolute atomic E-state index is 0.00164. The topological polar surface area (TPSA) is 9.23 Å². The van der Waals surface area contributed by atoms with Crippen LogP contribution in [0.2, 0.25) is 0 Å². The molecule has 0 spiro atoms. The van der Waals surface area contributed by atoms with Gasteiger partial charge in [0.05, 0.1) is 13.1 Å². The smallest absolute Gasteiger partial charge is 0.118 e. The summed E-state index contributed by atoms with van der Waals surface area (Å²) in [5.41, 5.74) is 0. The second-order valence-corrected chi connectivity index (χ2v) is 18.8. The van der Waals surface area contributed by atoms with E-state index in [1.165, 1.54) is 5.30 Å². The molecule has 1 heterocycles. The first-order valence-corrected chi connectivity index (χ1v) is 13.0. The lowest BCUT2D eigenvalue weighted by Crippen LogP contribution is -1.97. The monoisotopic (exact) mass is 298 g/mol. The molecule has 1 saturated heterocycles. The van der Waals surface area contributed by atoms with E-state index in [4.69, 9.17) is 4.74 Å². The summed E-state index contributed by atoms with van der Waals surface area (Å²) in [6.07, 6.45) is 0. The SMILES string of the molecule is COc1ccc(P2SSP2SS)cc1. The van der Waals surface area contributed by atoms with Crippen LogP contribution in [0.15, 0.2) is 24.3 Å². The van der Waals surface area contributed by atoms with Gasteiger partial charge in [0.15, 0.2) is 0 Å². The second-order valence-electron chi connectivity index (χ2n) is 2.44. The van der Waals surface area contributed by atoms with Crippen LogP contribution >= 0.6 is 55.7 Å². The average molecular weight is 298 g/mol. The summed E-state index contributed by atoms with van der Waals surface area (Å²) in [5, 5.41) is 1.46. The molecule has 1 aromatic carbocycles. The molecule has 1 aromatic rings. The van der Waals surface area contributed by atoms with Gasteiger partial charge in [-0.05, 0) is 50.4 Å². The molecule has 76 valence electrons. The molecule has 0 N–H and O–H groups in total. The van der Waals surface area contributed by atoms with E-state index in [0.717, 1.165) is 5.75 Å². The largest absolute Gasteiger partial charge is 0.497 e. The lowest BCUT2D eigenvalue weighted by molar-refractivity contribution is 0.415. The van der Waals surface area contributed by atoms with E-state index in [0.29, 0.717) is 0 Å². The van der Waals surface area contributed by atoms with Crippen molar-refractivity contribution >= 4 is 61.0 Å². The maximum atomic E-state index is 5.13. The number of hydrogen-bond acceptors (Lipinski definition) is 5. The van der Waals surface area contributed by atoms with E-state index >= 15 is 0 Å². The van der Waals surface area contributed by atoms with Crippen molar-refractivity contribution in [1.82, 2.24) is 0 Å². The Hall–Kier alpha value is 1.28. The molecule has 0 saturated carbocycles. The first-order chi connectivity index (χ1) is 6.85. The van der Waals surface area contributed by atoms with E-state index in [-0.39, 0.29) is 12.8 Å². The zero-order valence-electron chi connectivity index (χ0n) is 7.28. The molecule has 2 rings (SSSR count). The highest BCUT2D eigenvalue weighted by Gasteiger charge is 2.34. The fourth-order valence-electron chi connectivity index (χ4n) is 0.988. The van der Waals surface area contributed by atoms with Crippen LogP contribution in [0.5, 0.6) is 5.75 Å². The summed E-state index contributed by atoms with van der Waals surface area (Å²) in [6, 6.07) is 8.47. The van der Waals surface area contributed by atoms with Gasteiger partial charge in [-0.15, -0.1) is 11.7 Å². The molecule has 7 heteroatoms. The summed E-state index contributed by atoms with van der Waals surface area (Å²) < 4.78 is 5.13. The van der Waals surface area contributed by atoms with E-state index in [2.05, 4.69) is 23.8 Å². The Morgan fingerprint density at radius 1 is 1.29 bits per heavy atom. The molecule has 1 fully saturated rings. The fraction of sp³-hybridized carbons (Fsp3) is 0.143. The van der Waals surface area contributed by atoms with Crippen LogP contribution in [-0.2, 0) is 0 Å². The van der Waals surface area contributed by atoms with Crippen molar-refractivity contribution in [3.05, 3.63) is 24.3 Å². The molecular formula is C7H8OP2S4. The van der Waals surface area contributed by atoms with Gasteiger partial charge in [-0.2, -0.15) is 0 Å². The lowest BCUT2D eigenvalue weighted by Gasteiger charge is -2.32. The van der Waals surface area contributed by atoms with E-state index in [1.807, 2.05) is 33.0 Å². The number of thiol groups is 1. The van der Waals surface area contributed by atoms with Crippen molar-refractivity contribution in [3.63, 3.8) is 0 Å². The predicted molar refractivity (Wildman–Crippen MR) is 78.2 cm³/mol. The van der Waals surface area contributed by atoms with E-state index < -0.39 is 0 Å². The normalized spacial score (nSPS) is 25.6. The van der Waals surface area contributed by atoms with Gasteiger partial charge < -0.3 is 4.74 Å². The van der Waals surface area contributed by atoms with Gasteiger partial charge in [-0.3, -0.25) is 0 Å². The average Bonchev–Trinajstić information content (AvgIpc) is 2.18. The van der Waals surface area contributed by atoms with Gasteiger partial charge in [-0.25, -0.2) is 0 Å². The molecule has 0 aromatic heterocycles. The maximum Gasteiger partial charge on any atom is 0.118 e. The Bertz CT molecular complexity index is 305. The highest BCUT2D eigenvalue weighted by molar-refractivity contribution is 9.50. The standard InChI is InChI=1S/C7H8OP2S4/c1-8-6-2-4-7(5-3-6)9-10(12-11)14-13-9/h2-5,11H,1H3. The van der Waals surface area contributed by atoms with Crippen LogP contribution in [0, 0.1) is 0 Å². The number of hydrogen-bond donors (Lipinski definition) is 1. The summed E-state index contributed by atoms with van der Waals surface area (Å²) >= 11 is 4.30. The Kier molecular flexibility index (Phi) is 4.67. The molecule has 1 aliphatic rings. The first kappa shape index (κ1) is 11.8. The fourth-order valence-corrected chi connectivity index (χ4v) is 26.0. The number of rotatable bonds is 3. The van der Waals surface area contributed by atoms with Crippen LogP contribution in [0.4, 0.5) is 0 Å². The first-order valence-electron chi connectivity index (χ1n) is 3.75. The van der Waals surface area contributed by atoms with Crippen molar-refractivity contribution in [3.8, 4) is 5.75 Å². The van der Waals surface area contributed by atoms with Gasteiger partial charge in [0.1, 0.15) is 5.75 Å². The molecule has 0 amide bonds. The highest BCUT2D eigenvalue weighted by atomic mass is 33.8. The predicted octanol–water partition coefficient (Wildman–Crippen LogP) is 4.92. The summed E-state index contributed by atoms with van der Waals surface area (Å²) in [6.45, 7) is 0.00164. The van der Waals surface area contributed by atoms with Gasteiger partial charge in [0, 0.05) is 6.81 Å². The van der Waals surface area contributed by atoms with Crippen LogP contribution < -0.4 is 10.0 Å². The quantitative estimate of drug-likeness (QED) is 0.481. The van der Waals surface area contributed by atoms with E-state index in [9.17, 15) is 0 Å². The molecule has 1 nitrogen and oxygen atoms in total. The van der Waals surface area contributed by atoms with Crippen LogP contribution in [0.3, 0.4) is 0 Å². The third-order valence-electron chi connectivity index (χ3n) is 1.68. The molecule has 1 aliphatic heterocycles. The number of methoxy groups -OCH3 is 1. The van der Waals surface area contributed by atoms with Crippen LogP contribution in [-0.4, -0.2) is 7.11 Å². The number of ether oxygens (including phenoxy) is 1. The molecular weight excluding hydrogens is 290 g/mol. The molecule has 14 heavy (non-hydrogen) atoms. The highest BCUT2D eigenvalue weighted by Crippen LogP contribution is 3.02. The van der Waals surface area contributed by atoms with Crippen LogP contribution in [0.25, 0.3) is 0 Å². The van der Waals surface area contributed by atoms with Crippen molar-refractivity contribution in [2.75, 3.05) is 7.11 Å². The van der Waals surface area contributed by atoms with Crippen molar-refractivity contribution in [2.45, 2.75) is 0 Å². The van der Waals surface area contributed by atoms with Crippen molar-refractivity contribution in [1.29, 1.82) is 0 Å². The number of benzene rings is 1. The minimum Gasteiger partial charge on any atom is -0.497 e. The third kappa shape index (κ3) is 2.50. The molecule has 2 atom stereocenters. The van der Waals surface area contributed by atoms with Crippen molar-refractivity contribution < 1.29 is 4.74 Å². The second kappa shape index (κ2) is 5.56. The van der Waals surface area contributed by atoms with Gasteiger partial charge in [0.25, 0.3) is 0 Å². The summed E-state index contributed by atoms with van der Waals surface area (Å²) in [5.74, 6) is 0.935. The molecule has 2 unspecified atom stereocenters. The minimum atomic E-state index is 0.00164. The Labute approximate surface area is 102 Å². The van der Waals surface area contributed by atoms with Gasteiger partial charge >= 0.3 is 0 Å². The molecule has 0 bridgehead atoms. The van der Waals surface area contributed by atoms with Crippen molar-refractivity contribution in [2.24, 2.45) is 0 Å². The Balaban J connectivity index is 2.09. The van der Waals surface area contributed by atoms with Gasteiger partial charge in [-0.1, -0.05) is 10.4 Å². The molecule has 0 aliphatic carbocycles. The van der Waals surface area contributed by atoms with E-state index in [1.54, 1.807) is 17.5 Å². The molecule has 0 radical (unpaired) electrons. The zero-order chi connectivity index (χ0) is 9.97. The zero-order valence-corrected chi connectivity index (χ0v) is 12.4. The van der Waals surface area contributed by atoms with Crippen LogP contribution in [0.1, 0.15) is 0 Å². The summed E-state index contributed by atoms with van der Waals surface area (Å²) in [4.78, 5) is 0. The van der Waals surface area contributed by atoms with Gasteiger partial charge in [0.2, 0.25) is 0 Å². The Morgan fingerprint density at radius 2 is 2.00 bits per heavy atom. The third-order valence-corrected chi connectivity index (χ3v) is 28.2.